The minimum Gasteiger partial charge on any atom is -0.372 e. The van der Waals surface area contributed by atoms with Crippen molar-refractivity contribution in [3.63, 3.8) is 0 Å². The molecule has 0 radical (unpaired) electrons. The molecule has 76 valence electrons. The molecule has 1 heteroatoms. The quantitative estimate of drug-likeness (QED) is 0.632. The highest BCUT2D eigenvalue weighted by Gasteiger charge is 2.31. The zero-order valence-corrected chi connectivity index (χ0v) is 9.89. The molecule has 0 aromatic carbocycles. The zero-order chi connectivity index (χ0) is 10.2. The van der Waals surface area contributed by atoms with Crippen LogP contribution >= 0.6 is 0 Å². The second kappa shape index (κ2) is 3.36. The lowest BCUT2D eigenvalue weighted by atomic mass is 9.94. The van der Waals surface area contributed by atoms with E-state index < -0.39 is 0 Å². The lowest BCUT2D eigenvalue weighted by Crippen LogP contribution is -2.32. The van der Waals surface area contributed by atoms with E-state index in [2.05, 4.69) is 52.5 Å². The number of allylic oxidation sites excluding steroid dienone is 1. The van der Waals surface area contributed by atoms with Crippen molar-refractivity contribution in [3.05, 3.63) is 11.8 Å². The first-order chi connectivity index (χ1) is 5.83. The summed E-state index contributed by atoms with van der Waals surface area (Å²) in [5, 5.41) is 0. The number of hydrogen-bond acceptors (Lipinski definition) is 1. The predicted octanol–water partition coefficient (Wildman–Crippen LogP) is 3.28. The Labute approximate surface area is 82.8 Å². The fourth-order valence-electron chi connectivity index (χ4n) is 2.04. The molecular formula is C12H23N. The van der Waals surface area contributed by atoms with Crippen LogP contribution in [-0.2, 0) is 0 Å². The average molecular weight is 181 g/mol. The van der Waals surface area contributed by atoms with Crippen molar-refractivity contribution in [1.82, 2.24) is 4.90 Å². The molecule has 1 rings (SSSR count). The van der Waals surface area contributed by atoms with Gasteiger partial charge in [0.2, 0.25) is 0 Å². The van der Waals surface area contributed by atoms with E-state index in [0.29, 0.717) is 17.4 Å². The van der Waals surface area contributed by atoms with Gasteiger partial charge in [0.15, 0.2) is 0 Å². The van der Waals surface area contributed by atoms with Crippen LogP contribution in [0.25, 0.3) is 0 Å². The smallest absolute Gasteiger partial charge is 0.0264 e. The normalized spacial score (nSPS) is 21.5. The third kappa shape index (κ3) is 2.26. The summed E-state index contributed by atoms with van der Waals surface area (Å²) in [4.78, 5) is 2.53. The first-order valence-electron chi connectivity index (χ1n) is 5.33. The first-order valence-corrected chi connectivity index (χ1v) is 5.33. The fraction of sp³-hybridized carbons (Fsp3) is 0.833. The van der Waals surface area contributed by atoms with Gasteiger partial charge in [-0.05, 0) is 19.8 Å². The predicted molar refractivity (Wildman–Crippen MR) is 58.5 cm³/mol. The largest absolute Gasteiger partial charge is 0.372 e. The van der Waals surface area contributed by atoms with Crippen LogP contribution in [0.15, 0.2) is 11.8 Å². The van der Waals surface area contributed by atoms with Gasteiger partial charge in [0.25, 0.3) is 0 Å². The number of nitrogens with zero attached hydrogens (tertiary/aromatic N) is 1. The molecule has 1 aliphatic heterocycles. The fourth-order valence-corrected chi connectivity index (χ4v) is 2.04. The van der Waals surface area contributed by atoms with Crippen molar-refractivity contribution in [2.24, 2.45) is 11.3 Å². The molecule has 0 bridgehead atoms. The molecule has 13 heavy (non-hydrogen) atoms. The lowest BCUT2D eigenvalue weighted by Gasteiger charge is -2.30. The highest BCUT2D eigenvalue weighted by molar-refractivity contribution is 5.17. The van der Waals surface area contributed by atoms with E-state index in [1.165, 1.54) is 12.2 Å². The molecule has 0 amide bonds. The molecule has 0 fully saturated rings. The van der Waals surface area contributed by atoms with Crippen molar-refractivity contribution in [3.8, 4) is 0 Å². The topological polar surface area (TPSA) is 3.24 Å². The third-order valence-electron chi connectivity index (χ3n) is 2.66. The summed E-state index contributed by atoms with van der Waals surface area (Å²) in [6.45, 7) is 14.9. The van der Waals surface area contributed by atoms with Gasteiger partial charge in [0.1, 0.15) is 0 Å². The molecule has 1 heterocycles. The Bertz CT molecular complexity index is 211. The summed E-state index contributed by atoms with van der Waals surface area (Å²) >= 11 is 0. The summed E-state index contributed by atoms with van der Waals surface area (Å²) in [6.07, 6.45) is 2.44. The van der Waals surface area contributed by atoms with Gasteiger partial charge in [-0.15, -0.1) is 0 Å². The Morgan fingerprint density at radius 2 is 1.77 bits per heavy atom. The standard InChI is InChI=1S/C12H23N/c1-9(2)11-7-12(5,6)8-13(11)10(3)4/h7,9-10H,8H2,1-6H3. The average Bonchev–Trinajstić information content (AvgIpc) is 2.26. The van der Waals surface area contributed by atoms with Crippen LogP contribution in [0.3, 0.4) is 0 Å². The van der Waals surface area contributed by atoms with Gasteiger partial charge in [-0.2, -0.15) is 0 Å². The third-order valence-corrected chi connectivity index (χ3v) is 2.66. The van der Waals surface area contributed by atoms with E-state index in [9.17, 15) is 0 Å². The number of rotatable bonds is 2. The Hall–Kier alpha value is -0.460. The van der Waals surface area contributed by atoms with Crippen molar-refractivity contribution >= 4 is 0 Å². The van der Waals surface area contributed by atoms with Crippen molar-refractivity contribution < 1.29 is 0 Å². The molecule has 0 aliphatic carbocycles. The highest BCUT2D eigenvalue weighted by Crippen LogP contribution is 2.35. The van der Waals surface area contributed by atoms with Crippen LogP contribution < -0.4 is 0 Å². The van der Waals surface area contributed by atoms with E-state index in [1.807, 2.05) is 0 Å². The van der Waals surface area contributed by atoms with Gasteiger partial charge in [-0.1, -0.05) is 33.8 Å². The van der Waals surface area contributed by atoms with Gasteiger partial charge in [-0.3, -0.25) is 0 Å². The minimum absolute atomic E-state index is 0.365. The van der Waals surface area contributed by atoms with Crippen LogP contribution in [0.2, 0.25) is 0 Å². The van der Waals surface area contributed by atoms with Gasteiger partial charge in [0.05, 0.1) is 0 Å². The van der Waals surface area contributed by atoms with Crippen molar-refractivity contribution in [2.45, 2.75) is 47.6 Å². The Balaban J connectivity index is 2.86. The molecule has 0 aromatic heterocycles. The van der Waals surface area contributed by atoms with Crippen molar-refractivity contribution in [1.29, 1.82) is 0 Å². The van der Waals surface area contributed by atoms with Gasteiger partial charge < -0.3 is 4.90 Å². The molecule has 0 aromatic rings. The second-order valence-corrected chi connectivity index (χ2v) is 5.43. The van der Waals surface area contributed by atoms with Crippen LogP contribution in [0, 0.1) is 11.3 Å². The summed E-state index contributed by atoms with van der Waals surface area (Å²) in [6, 6.07) is 0.635. The van der Waals surface area contributed by atoms with Crippen LogP contribution in [0.1, 0.15) is 41.5 Å². The highest BCUT2D eigenvalue weighted by atomic mass is 15.2. The molecule has 0 spiro atoms. The molecule has 1 nitrogen and oxygen atoms in total. The maximum atomic E-state index is 2.53. The Morgan fingerprint density at radius 3 is 2.08 bits per heavy atom. The molecule has 1 aliphatic rings. The molecule has 0 atom stereocenters. The maximum Gasteiger partial charge on any atom is 0.0264 e. The monoisotopic (exact) mass is 181 g/mol. The van der Waals surface area contributed by atoms with Gasteiger partial charge in [0, 0.05) is 23.7 Å². The Morgan fingerprint density at radius 1 is 1.23 bits per heavy atom. The second-order valence-electron chi connectivity index (χ2n) is 5.43. The van der Waals surface area contributed by atoms with E-state index in [0.717, 1.165) is 0 Å². The van der Waals surface area contributed by atoms with Crippen molar-refractivity contribution in [2.75, 3.05) is 6.54 Å². The molecule has 0 N–H and O–H groups in total. The molecule has 0 unspecified atom stereocenters. The SMILES string of the molecule is CC(C)C1=CC(C)(C)CN1C(C)C. The Kier molecular flexibility index (Phi) is 2.74. The minimum atomic E-state index is 0.365. The molecule has 0 saturated heterocycles. The zero-order valence-electron chi connectivity index (χ0n) is 9.89. The van der Waals surface area contributed by atoms with E-state index in [-0.39, 0.29) is 0 Å². The van der Waals surface area contributed by atoms with Gasteiger partial charge >= 0.3 is 0 Å². The summed E-state index contributed by atoms with van der Waals surface area (Å²) in [5.74, 6) is 0.657. The maximum absolute atomic E-state index is 2.53. The van der Waals surface area contributed by atoms with E-state index in [4.69, 9.17) is 0 Å². The molecule has 0 saturated carbocycles. The number of hydrogen-bond donors (Lipinski definition) is 0. The van der Waals surface area contributed by atoms with Crippen LogP contribution in [0.5, 0.6) is 0 Å². The van der Waals surface area contributed by atoms with Gasteiger partial charge in [-0.25, -0.2) is 0 Å². The van der Waals surface area contributed by atoms with Crippen LogP contribution in [-0.4, -0.2) is 17.5 Å². The summed E-state index contributed by atoms with van der Waals surface area (Å²) in [7, 11) is 0. The summed E-state index contributed by atoms with van der Waals surface area (Å²) < 4.78 is 0. The van der Waals surface area contributed by atoms with E-state index >= 15 is 0 Å². The summed E-state index contributed by atoms with van der Waals surface area (Å²) in [5.41, 5.74) is 1.89. The lowest BCUT2D eigenvalue weighted by molar-refractivity contribution is 0.239. The van der Waals surface area contributed by atoms with Crippen LogP contribution in [0.4, 0.5) is 0 Å². The first kappa shape index (κ1) is 10.6. The molecular weight excluding hydrogens is 158 g/mol. The van der Waals surface area contributed by atoms with E-state index in [1.54, 1.807) is 0 Å².